The van der Waals surface area contributed by atoms with Crippen LogP contribution in [0.15, 0.2) is 41.3 Å². The zero-order valence-electron chi connectivity index (χ0n) is 12.8. The van der Waals surface area contributed by atoms with E-state index in [4.69, 9.17) is 23.2 Å². The normalized spacial score (nSPS) is 11.6. The molecule has 0 unspecified atom stereocenters. The largest absolute Gasteiger partial charge is 0.320 e. The van der Waals surface area contributed by atoms with Gasteiger partial charge in [-0.25, -0.2) is 17.2 Å². The Bertz CT molecular complexity index is 903. The minimum atomic E-state index is -4.13. The zero-order valence-corrected chi connectivity index (χ0v) is 15.1. The monoisotopic (exact) mass is 408 g/mol. The fourth-order valence-corrected chi connectivity index (χ4v) is 3.79. The number of benzene rings is 2. The highest BCUT2D eigenvalue weighted by Gasteiger charge is 2.26. The van der Waals surface area contributed by atoms with Crippen LogP contribution in [-0.4, -0.2) is 32.2 Å². The van der Waals surface area contributed by atoms with E-state index >= 15 is 0 Å². The summed E-state index contributed by atoms with van der Waals surface area (Å²) < 4.78 is 52.7. The van der Waals surface area contributed by atoms with Crippen LogP contribution >= 0.6 is 23.2 Å². The van der Waals surface area contributed by atoms with E-state index in [2.05, 4.69) is 0 Å². The third-order valence-electron chi connectivity index (χ3n) is 3.17. The number of halogens is 4. The van der Waals surface area contributed by atoms with E-state index in [1.165, 1.54) is 12.1 Å². The first kappa shape index (κ1) is 19.6. The summed E-state index contributed by atoms with van der Waals surface area (Å²) in [4.78, 5) is 11.7. The molecular weight excluding hydrogens is 397 g/mol. The van der Waals surface area contributed by atoms with Gasteiger partial charge in [0, 0.05) is 12.1 Å². The summed E-state index contributed by atoms with van der Waals surface area (Å²) in [5.41, 5.74) is -0.654. The van der Waals surface area contributed by atoms with E-state index in [9.17, 15) is 22.0 Å². The van der Waals surface area contributed by atoms with Crippen LogP contribution in [0.3, 0.4) is 0 Å². The second-order valence-electron chi connectivity index (χ2n) is 4.98. The van der Waals surface area contributed by atoms with Crippen molar-refractivity contribution in [2.45, 2.75) is 4.90 Å². The summed E-state index contributed by atoms with van der Waals surface area (Å²) in [6.07, 6.45) is 0. The SMILES string of the molecule is CN(CC(=O)Nc1c(F)cccc1F)S(=O)(=O)c1cc(Cl)ccc1Cl. The van der Waals surface area contributed by atoms with Crippen LogP contribution in [-0.2, 0) is 14.8 Å². The molecule has 0 bridgehead atoms. The lowest BCUT2D eigenvalue weighted by atomic mass is 10.3. The highest BCUT2D eigenvalue weighted by atomic mass is 35.5. The molecule has 0 spiro atoms. The fraction of sp³-hybridized carbons (Fsp3) is 0.133. The van der Waals surface area contributed by atoms with Crippen LogP contribution < -0.4 is 5.32 Å². The van der Waals surface area contributed by atoms with Crippen molar-refractivity contribution in [1.82, 2.24) is 4.31 Å². The molecule has 1 N–H and O–H groups in total. The highest BCUT2D eigenvalue weighted by molar-refractivity contribution is 7.89. The molecular formula is C15H12Cl2F2N2O3S. The molecule has 0 aliphatic rings. The van der Waals surface area contributed by atoms with E-state index in [1.54, 1.807) is 0 Å². The molecule has 0 saturated heterocycles. The number of rotatable bonds is 5. The molecule has 0 aliphatic carbocycles. The number of hydrogen-bond donors (Lipinski definition) is 1. The lowest BCUT2D eigenvalue weighted by Gasteiger charge is -2.18. The molecule has 134 valence electrons. The summed E-state index contributed by atoms with van der Waals surface area (Å²) in [5.74, 6) is -2.87. The van der Waals surface area contributed by atoms with E-state index in [1.807, 2.05) is 5.32 Å². The molecule has 25 heavy (non-hydrogen) atoms. The van der Waals surface area contributed by atoms with Crippen LogP contribution in [0.25, 0.3) is 0 Å². The van der Waals surface area contributed by atoms with Gasteiger partial charge in [0.05, 0.1) is 11.6 Å². The minimum Gasteiger partial charge on any atom is -0.320 e. The fourth-order valence-electron chi connectivity index (χ4n) is 1.93. The maximum Gasteiger partial charge on any atom is 0.244 e. The molecule has 1 amide bonds. The van der Waals surface area contributed by atoms with Gasteiger partial charge in [0.15, 0.2) is 0 Å². The Hall–Kier alpha value is -1.74. The quantitative estimate of drug-likeness (QED) is 0.822. The minimum absolute atomic E-state index is 0.0724. The number of carbonyl (C=O) groups excluding carboxylic acids is 1. The Morgan fingerprint density at radius 2 is 1.76 bits per heavy atom. The Labute approximate surface area is 153 Å². The first-order chi connectivity index (χ1) is 11.6. The molecule has 0 heterocycles. The molecule has 5 nitrogen and oxygen atoms in total. The second kappa shape index (κ2) is 7.65. The maximum absolute atomic E-state index is 13.5. The van der Waals surface area contributed by atoms with Gasteiger partial charge in [0.2, 0.25) is 15.9 Å². The average molecular weight is 409 g/mol. The van der Waals surface area contributed by atoms with Gasteiger partial charge in [-0.1, -0.05) is 29.3 Å². The van der Waals surface area contributed by atoms with Crippen LogP contribution in [0.2, 0.25) is 10.0 Å². The van der Waals surface area contributed by atoms with Gasteiger partial charge >= 0.3 is 0 Å². The molecule has 2 aromatic carbocycles. The van der Waals surface area contributed by atoms with Gasteiger partial charge in [0.1, 0.15) is 22.2 Å². The van der Waals surface area contributed by atoms with E-state index in [-0.39, 0.29) is 14.9 Å². The second-order valence-corrected chi connectivity index (χ2v) is 7.84. The summed E-state index contributed by atoms with van der Waals surface area (Å²) in [7, 11) is -3.00. The first-order valence-corrected chi connectivity index (χ1v) is 8.98. The van der Waals surface area contributed by atoms with Gasteiger partial charge in [0.25, 0.3) is 0 Å². The Kier molecular flexibility index (Phi) is 5.99. The van der Waals surface area contributed by atoms with Crippen molar-refractivity contribution < 1.29 is 22.0 Å². The molecule has 0 saturated carbocycles. The Morgan fingerprint density at radius 3 is 2.36 bits per heavy atom. The summed E-state index contributed by atoms with van der Waals surface area (Å²) >= 11 is 11.6. The molecule has 0 radical (unpaired) electrons. The average Bonchev–Trinajstić information content (AvgIpc) is 2.53. The number of likely N-dealkylation sites (N-methyl/N-ethyl adjacent to an activating group) is 1. The molecule has 0 aliphatic heterocycles. The maximum atomic E-state index is 13.5. The van der Waals surface area contributed by atoms with Crippen molar-refractivity contribution in [1.29, 1.82) is 0 Å². The third kappa shape index (κ3) is 4.46. The van der Waals surface area contributed by atoms with Crippen LogP contribution in [0.1, 0.15) is 0 Å². The van der Waals surface area contributed by atoms with Crippen LogP contribution in [0.5, 0.6) is 0 Å². The van der Waals surface area contributed by atoms with Crippen LogP contribution in [0.4, 0.5) is 14.5 Å². The molecule has 0 atom stereocenters. The van der Waals surface area contributed by atoms with Crippen molar-refractivity contribution >= 4 is 44.8 Å². The smallest absolute Gasteiger partial charge is 0.244 e. The number of sulfonamides is 1. The lowest BCUT2D eigenvalue weighted by Crippen LogP contribution is -2.35. The van der Waals surface area contributed by atoms with Crippen molar-refractivity contribution in [2.75, 3.05) is 18.9 Å². The molecule has 2 rings (SSSR count). The number of nitrogens with zero attached hydrogens (tertiary/aromatic N) is 1. The Balaban J connectivity index is 2.19. The van der Waals surface area contributed by atoms with Gasteiger partial charge in [-0.2, -0.15) is 4.31 Å². The number of carbonyl (C=O) groups is 1. The van der Waals surface area contributed by atoms with Gasteiger partial charge in [-0.3, -0.25) is 4.79 Å². The topological polar surface area (TPSA) is 66.5 Å². The zero-order chi connectivity index (χ0) is 18.8. The van der Waals surface area contributed by atoms with Crippen molar-refractivity contribution in [3.05, 3.63) is 58.1 Å². The van der Waals surface area contributed by atoms with Crippen molar-refractivity contribution in [3.8, 4) is 0 Å². The lowest BCUT2D eigenvalue weighted by molar-refractivity contribution is -0.116. The molecule has 2 aromatic rings. The number of anilines is 1. The standard InChI is InChI=1S/C15H12Cl2F2N2O3S/c1-21(25(23,24)13-7-9(16)5-6-10(13)17)8-14(22)20-15-11(18)3-2-4-12(15)19/h2-7H,8H2,1H3,(H,20,22). The van der Waals surface area contributed by atoms with Gasteiger partial charge in [-0.15, -0.1) is 0 Å². The van der Waals surface area contributed by atoms with Gasteiger partial charge < -0.3 is 5.32 Å². The predicted octanol–water partition coefficient (Wildman–Crippen LogP) is 3.53. The first-order valence-electron chi connectivity index (χ1n) is 6.78. The third-order valence-corrected chi connectivity index (χ3v) is 5.69. The van der Waals surface area contributed by atoms with Gasteiger partial charge in [-0.05, 0) is 30.3 Å². The van der Waals surface area contributed by atoms with Crippen LogP contribution in [0, 0.1) is 11.6 Å². The molecule has 0 fully saturated rings. The Morgan fingerprint density at radius 1 is 1.16 bits per heavy atom. The molecule has 10 heteroatoms. The van der Waals surface area contributed by atoms with Crippen molar-refractivity contribution in [3.63, 3.8) is 0 Å². The summed E-state index contributed by atoms with van der Waals surface area (Å²) in [6, 6.07) is 6.92. The highest BCUT2D eigenvalue weighted by Crippen LogP contribution is 2.27. The van der Waals surface area contributed by atoms with E-state index in [0.717, 1.165) is 31.3 Å². The number of amides is 1. The number of hydrogen-bond acceptors (Lipinski definition) is 3. The molecule has 0 aromatic heterocycles. The van der Waals surface area contributed by atoms with E-state index < -0.39 is 39.8 Å². The van der Waals surface area contributed by atoms with E-state index in [0.29, 0.717) is 4.31 Å². The summed E-state index contributed by atoms with van der Waals surface area (Å²) in [5, 5.41) is 2.08. The number of para-hydroxylation sites is 1. The van der Waals surface area contributed by atoms with Crippen molar-refractivity contribution in [2.24, 2.45) is 0 Å². The number of nitrogens with one attached hydrogen (secondary N) is 1. The summed E-state index contributed by atoms with van der Waals surface area (Å²) in [6.45, 7) is -0.682. The predicted molar refractivity (Wildman–Crippen MR) is 91.3 cm³/mol.